The molecule has 0 saturated carbocycles. The minimum Gasteiger partial charge on any atom is -0.462 e. The number of hydrogen-bond donors (Lipinski definition) is 0. The summed E-state index contributed by atoms with van der Waals surface area (Å²) in [7, 11) is 0. The summed E-state index contributed by atoms with van der Waals surface area (Å²) in [6, 6.07) is 0. The van der Waals surface area contributed by atoms with Crippen LogP contribution in [0.2, 0.25) is 0 Å². The van der Waals surface area contributed by atoms with Crippen molar-refractivity contribution in [3.63, 3.8) is 0 Å². The zero-order chi connectivity index (χ0) is 52.2. The molecule has 72 heavy (non-hydrogen) atoms. The Hall–Kier alpha value is -2.37. The number of allylic oxidation sites excluding steroid dienone is 6. The highest BCUT2D eigenvalue weighted by Crippen LogP contribution is 2.17. The monoisotopic (exact) mass is 1010 g/mol. The van der Waals surface area contributed by atoms with Gasteiger partial charge in [0.05, 0.1) is 0 Å². The Morgan fingerprint density at radius 3 is 0.778 bits per heavy atom. The van der Waals surface area contributed by atoms with E-state index in [0.29, 0.717) is 19.3 Å². The van der Waals surface area contributed by atoms with Gasteiger partial charge in [-0.05, 0) is 57.8 Å². The highest BCUT2D eigenvalue weighted by Gasteiger charge is 2.19. The molecule has 0 spiro atoms. The molecule has 0 rings (SSSR count). The molecule has 6 heteroatoms. The molecule has 1 unspecified atom stereocenters. The average molecular weight is 1010 g/mol. The van der Waals surface area contributed by atoms with Gasteiger partial charge in [-0.2, -0.15) is 0 Å². The number of rotatable bonds is 59. The Bertz CT molecular complexity index is 1210. The van der Waals surface area contributed by atoms with Gasteiger partial charge in [0.25, 0.3) is 0 Å². The maximum absolute atomic E-state index is 12.9. The van der Waals surface area contributed by atoms with Crippen LogP contribution in [0.3, 0.4) is 0 Å². The number of carbonyl (C=O) groups excluding carboxylic acids is 3. The normalized spacial score (nSPS) is 12.2. The molecular formula is C66H122O6. The van der Waals surface area contributed by atoms with E-state index in [4.69, 9.17) is 14.2 Å². The summed E-state index contributed by atoms with van der Waals surface area (Å²) in [5.74, 6) is -0.845. The Kier molecular flexibility index (Phi) is 59.2. The molecule has 0 aromatic carbocycles. The molecule has 422 valence electrons. The predicted molar refractivity (Wildman–Crippen MR) is 312 cm³/mol. The van der Waals surface area contributed by atoms with Gasteiger partial charge < -0.3 is 14.2 Å². The molecule has 0 aliphatic carbocycles. The smallest absolute Gasteiger partial charge is 0.306 e. The second-order valence-electron chi connectivity index (χ2n) is 21.7. The van der Waals surface area contributed by atoms with E-state index in [0.717, 1.165) is 70.6 Å². The maximum atomic E-state index is 12.9. The van der Waals surface area contributed by atoms with Crippen LogP contribution in [-0.2, 0) is 28.6 Å². The largest absolute Gasteiger partial charge is 0.462 e. The molecule has 1 atom stereocenters. The van der Waals surface area contributed by atoms with E-state index in [2.05, 4.69) is 57.2 Å². The van der Waals surface area contributed by atoms with Crippen LogP contribution in [0.5, 0.6) is 0 Å². The Morgan fingerprint density at radius 1 is 0.278 bits per heavy atom. The molecule has 0 heterocycles. The fourth-order valence-electron chi connectivity index (χ4n) is 9.57. The van der Waals surface area contributed by atoms with E-state index in [-0.39, 0.29) is 31.1 Å². The third-order valence-electron chi connectivity index (χ3n) is 14.4. The van der Waals surface area contributed by atoms with Crippen LogP contribution in [0.1, 0.15) is 348 Å². The number of unbranched alkanes of at least 4 members (excludes halogenated alkanes) is 42. The predicted octanol–water partition coefficient (Wildman–Crippen LogP) is 21.6. The van der Waals surface area contributed by atoms with Crippen LogP contribution >= 0.6 is 0 Å². The van der Waals surface area contributed by atoms with Crippen molar-refractivity contribution in [2.45, 2.75) is 354 Å². The van der Waals surface area contributed by atoms with Gasteiger partial charge in [0.2, 0.25) is 0 Å². The molecule has 0 N–H and O–H groups in total. The topological polar surface area (TPSA) is 78.9 Å². The van der Waals surface area contributed by atoms with E-state index < -0.39 is 6.10 Å². The van der Waals surface area contributed by atoms with Crippen molar-refractivity contribution in [2.75, 3.05) is 13.2 Å². The minimum atomic E-state index is -0.768. The van der Waals surface area contributed by atoms with Crippen molar-refractivity contribution in [1.82, 2.24) is 0 Å². The standard InChI is InChI=1S/C66H122O6/c1-4-7-10-13-16-19-22-25-27-28-29-30-31-32-33-34-35-36-37-38-39-42-44-47-50-53-56-59-65(68)71-62-63(61-70-64(67)58-55-52-49-46-43-40-24-21-18-15-12-9-6-3)72-66(69)60-57-54-51-48-45-41-26-23-20-17-14-11-8-5-2/h22,25,28-29,31-32,63H,4-21,23-24,26-27,30,33-62H2,1-3H3/b25-22-,29-28-,32-31-. The van der Waals surface area contributed by atoms with Crippen molar-refractivity contribution in [3.8, 4) is 0 Å². The van der Waals surface area contributed by atoms with Gasteiger partial charge in [-0.1, -0.05) is 308 Å². The molecule has 0 aromatic rings. The van der Waals surface area contributed by atoms with Crippen LogP contribution < -0.4 is 0 Å². The first-order valence-corrected chi connectivity index (χ1v) is 32.0. The van der Waals surface area contributed by atoms with Crippen LogP contribution in [0, 0.1) is 0 Å². The SMILES string of the molecule is CCCCCCC/C=C\C/C=C\C/C=C\CCCCCCCCCCCCCCC(=O)OCC(COC(=O)CCCCCCCCCCCCCCC)OC(=O)CCCCCCCCCCCCCCCC. The minimum absolute atomic E-state index is 0.0665. The first-order valence-electron chi connectivity index (χ1n) is 32.0. The average Bonchev–Trinajstić information content (AvgIpc) is 3.38. The molecule has 0 aliphatic rings. The van der Waals surface area contributed by atoms with Crippen LogP contribution in [-0.4, -0.2) is 37.2 Å². The van der Waals surface area contributed by atoms with Gasteiger partial charge in [0, 0.05) is 19.3 Å². The zero-order valence-corrected chi connectivity index (χ0v) is 48.5. The maximum Gasteiger partial charge on any atom is 0.306 e. The van der Waals surface area contributed by atoms with E-state index in [9.17, 15) is 14.4 Å². The quantitative estimate of drug-likeness (QED) is 0.0261. The molecular weight excluding hydrogens is 889 g/mol. The Labute approximate surface area is 448 Å². The van der Waals surface area contributed by atoms with Crippen LogP contribution in [0.25, 0.3) is 0 Å². The molecule has 0 aliphatic heterocycles. The lowest BCUT2D eigenvalue weighted by atomic mass is 10.0. The first kappa shape index (κ1) is 69.6. The molecule has 0 aromatic heterocycles. The third-order valence-corrected chi connectivity index (χ3v) is 14.4. The second kappa shape index (κ2) is 61.2. The molecule has 0 amide bonds. The fraction of sp³-hybridized carbons (Fsp3) is 0.864. The molecule has 0 radical (unpaired) electrons. The lowest BCUT2D eigenvalue weighted by Crippen LogP contribution is -2.30. The second-order valence-corrected chi connectivity index (χ2v) is 21.7. The zero-order valence-electron chi connectivity index (χ0n) is 48.5. The number of esters is 3. The highest BCUT2D eigenvalue weighted by atomic mass is 16.6. The molecule has 0 fully saturated rings. The summed E-state index contributed by atoms with van der Waals surface area (Å²) in [5, 5.41) is 0. The summed E-state index contributed by atoms with van der Waals surface area (Å²) >= 11 is 0. The van der Waals surface area contributed by atoms with Gasteiger partial charge in [-0.3, -0.25) is 14.4 Å². The van der Waals surface area contributed by atoms with E-state index in [1.54, 1.807) is 0 Å². The van der Waals surface area contributed by atoms with E-state index in [1.165, 1.54) is 238 Å². The summed E-state index contributed by atoms with van der Waals surface area (Å²) in [5.41, 5.74) is 0. The summed E-state index contributed by atoms with van der Waals surface area (Å²) < 4.78 is 16.9. The van der Waals surface area contributed by atoms with Crippen LogP contribution in [0.15, 0.2) is 36.5 Å². The van der Waals surface area contributed by atoms with E-state index >= 15 is 0 Å². The lowest BCUT2D eigenvalue weighted by Gasteiger charge is -2.18. The van der Waals surface area contributed by atoms with Crippen LogP contribution in [0.4, 0.5) is 0 Å². The van der Waals surface area contributed by atoms with E-state index in [1.807, 2.05) is 0 Å². The summed E-state index contributed by atoms with van der Waals surface area (Å²) in [4.78, 5) is 38.2. The van der Waals surface area contributed by atoms with Gasteiger partial charge in [0.15, 0.2) is 6.10 Å². The van der Waals surface area contributed by atoms with Crippen molar-refractivity contribution >= 4 is 17.9 Å². The van der Waals surface area contributed by atoms with Gasteiger partial charge in [0.1, 0.15) is 13.2 Å². The van der Waals surface area contributed by atoms with Crippen molar-refractivity contribution in [2.24, 2.45) is 0 Å². The lowest BCUT2D eigenvalue weighted by molar-refractivity contribution is -0.167. The van der Waals surface area contributed by atoms with Gasteiger partial charge >= 0.3 is 17.9 Å². The first-order chi connectivity index (χ1) is 35.5. The number of hydrogen-bond acceptors (Lipinski definition) is 6. The van der Waals surface area contributed by atoms with Crippen molar-refractivity contribution < 1.29 is 28.6 Å². The van der Waals surface area contributed by atoms with Crippen molar-refractivity contribution in [1.29, 1.82) is 0 Å². The number of carbonyl (C=O) groups is 3. The fourth-order valence-corrected chi connectivity index (χ4v) is 9.57. The Morgan fingerprint density at radius 2 is 0.500 bits per heavy atom. The molecule has 6 nitrogen and oxygen atoms in total. The molecule has 0 bridgehead atoms. The van der Waals surface area contributed by atoms with Gasteiger partial charge in [-0.15, -0.1) is 0 Å². The highest BCUT2D eigenvalue weighted by molar-refractivity contribution is 5.71. The molecule has 0 saturated heterocycles. The number of ether oxygens (including phenoxy) is 3. The third kappa shape index (κ3) is 58.5. The summed E-state index contributed by atoms with van der Waals surface area (Å²) in [6.45, 7) is 6.68. The van der Waals surface area contributed by atoms with Gasteiger partial charge in [-0.25, -0.2) is 0 Å². The summed E-state index contributed by atoms with van der Waals surface area (Å²) in [6.07, 6.45) is 74.4. The Balaban J connectivity index is 4.20. The van der Waals surface area contributed by atoms with Crippen molar-refractivity contribution in [3.05, 3.63) is 36.5 Å².